The summed E-state index contributed by atoms with van der Waals surface area (Å²) in [4.78, 5) is 57.9. The number of ketones is 1. The van der Waals surface area contributed by atoms with Crippen molar-refractivity contribution < 1.29 is 19.2 Å². The zero-order valence-electron chi connectivity index (χ0n) is 17.4. The third-order valence-electron chi connectivity index (χ3n) is 5.81. The monoisotopic (exact) mass is 420 g/mol. The van der Waals surface area contributed by atoms with Gasteiger partial charge in [-0.15, -0.1) is 0 Å². The third-order valence-corrected chi connectivity index (χ3v) is 5.81. The lowest BCUT2D eigenvalue weighted by Gasteiger charge is -2.36. The lowest BCUT2D eigenvalue weighted by Crippen LogP contribution is -2.50. The highest BCUT2D eigenvalue weighted by atomic mass is 16.2. The van der Waals surface area contributed by atoms with Gasteiger partial charge in [0.1, 0.15) is 0 Å². The zero-order chi connectivity index (χ0) is 22.0. The number of amides is 4. The minimum Gasteiger partial charge on any atom is -0.368 e. The van der Waals surface area contributed by atoms with Gasteiger partial charge in [-0.2, -0.15) is 4.99 Å². The van der Waals surface area contributed by atoms with E-state index >= 15 is 0 Å². The Hall–Kier alpha value is -3.55. The van der Waals surface area contributed by atoms with Gasteiger partial charge >= 0.3 is 6.03 Å². The number of hydrogen-bond acceptors (Lipinski definition) is 5. The SMILES string of the molecule is CC(=O)c1ccc(N2CCN(C(=O)CCN3C(=O)N=C4C=CC=CC4C3=O)CC2)cc1. The summed E-state index contributed by atoms with van der Waals surface area (Å²) in [6, 6.07) is 6.86. The van der Waals surface area contributed by atoms with E-state index in [9.17, 15) is 19.2 Å². The van der Waals surface area contributed by atoms with E-state index in [2.05, 4.69) is 9.89 Å². The normalized spacial score (nSPS) is 20.6. The first-order valence-corrected chi connectivity index (χ1v) is 10.4. The highest BCUT2D eigenvalue weighted by Gasteiger charge is 2.36. The van der Waals surface area contributed by atoms with Crippen LogP contribution >= 0.6 is 0 Å². The Morgan fingerprint density at radius 2 is 1.74 bits per heavy atom. The van der Waals surface area contributed by atoms with Gasteiger partial charge in [-0.3, -0.25) is 19.3 Å². The van der Waals surface area contributed by atoms with Gasteiger partial charge in [-0.05, 0) is 37.3 Å². The molecule has 0 saturated carbocycles. The largest absolute Gasteiger partial charge is 0.368 e. The summed E-state index contributed by atoms with van der Waals surface area (Å²) in [7, 11) is 0. The van der Waals surface area contributed by atoms with E-state index in [1.54, 1.807) is 36.1 Å². The number of anilines is 1. The van der Waals surface area contributed by atoms with Crippen molar-refractivity contribution >= 4 is 35.0 Å². The van der Waals surface area contributed by atoms with E-state index in [1.165, 1.54) is 0 Å². The molecule has 31 heavy (non-hydrogen) atoms. The highest BCUT2D eigenvalue weighted by Crippen LogP contribution is 2.21. The molecular formula is C23H24N4O4. The van der Waals surface area contributed by atoms with E-state index in [0.717, 1.165) is 10.6 Å². The maximum absolute atomic E-state index is 12.7. The van der Waals surface area contributed by atoms with Crippen molar-refractivity contribution in [2.45, 2.75) is 13.3 Å². The molecule has 0 aromatic heterocycles. The first-order chi connectivity index (χ1) is 14.9. The fourth-order valence-corrected chi connectivity index (χ4v) is 3.97. The van der Waals surface area contributed by atoms with E-state index in [1.807, 2.05) is 24.3 Å². The van der Waals surface area contributed by atoms with Crippen LogP contribution in [0.15, 0.2) is 53.6 Å². The lowest BCUT2D eigenvalue weighted by molar-refractivity contribution is -0.133. The van der Waals surface area contributed by atoms with Crippen LogP contribution < -0.4 is 4.90 Å². The van der Waals surface area contributed by atoms with Crippen molar-refractivity contribution in [1.29, 1.82) is 0 Å². The number of Topliss-reactive ketones (excluding diaryl/α,β-unsaturated/α-hetero) is 1. The predicted molar refractivity (Wildman–Crippen MR) is 116 cm³/mol. The number of nitrogens with zero attached hydrogens (tertiary/aromatic N) is 4. The van der Waals surface area contributed by atoms with Crippen molar-refractivity contribution in [3.05, 3.63) is 54.1 Å². The molecule has 3 aliphatic rings. The molecule has 2 heterocycles. The maximum atomic E-state index is 12.7. The first-order valence-electron chi connectivity index (χ1n) is 10.4. The summed E-state index contributed by atoms with van der Waals surface area (Å²) in [6.07, 6.45) is 6.96. The van der Waals surface area contributed by atoms with E-state index in [4.69, 9.17) is 0 Å². The van der Waals surface area contributed by atoms with Crippen LogP contribution in [-0.4, -0.2) is 71.9 Å². The lowest BCUT2D eigenvalue weighted by atomic mass is 9.95. The Morgan fingerprint density at radius 1 is 1.03 bits per heavy atom. The number of carbonyl (C=O) groups excluding carboxylic acids is 4. The van der Waals surface area contributed by atoms with Gasteiger partial charge in [0.05, 0.1) is 11.6 Å². The number of piperazine rings is 1. The maximum Gasteiger partial charge on any atom is 0.350 e. The van der Waals surface area contributed by atoms with Crippen LogP contribution in [0.5, 0.6) is 0 Å². The number of imide groups is 1. The number of allylic oxidation sites excluding steroid dienone is 3. The van der Waals surface area contributed by atoms with Gasteiger partial charge < -0.3 is 9.80 Å². The molecule has 1 fully saturated rings. The van der Waals surface area contributed by atoms with Gasteiger partial charge in [0, 0.05) is 50.4 Å². The van der Waals surface area contributed by atoms with E-state index in [-0.39, 0.29) is 30.6 Å². The smallest absolute Gasteiger partial charge is 0.350 e. The van der Waals surface area contributed by atoms with Crippen molar-refractivity contribution in [3.63, 3.8) is 0 Å². The van der Waals surface area contributed by atoms with Crippen LogP contribution in [0.1, 0.15) is 23.7 Å². The molecule has 0 radical (unpaired) electrons. The van der Waals surface area contributed by atoms with Gasteiger partial charge in [0.25, 0.3) is 0 Å². The van der Waals surface area contributed by atoms with Crippen LogP contribution in [0.2, 0.25) is 0 Å². The third kappa shape index (κ3) is 4.33. The summed E-state index contributed by atoms with van der Waals surface area (Å²) in [5.74, 6) is -0.926. The molecule has 4 rings (SSSR count). The molecule has 1 saturated heterocycles. The fourth-order valence-electron chi connectivity index (χ4n) is 3.97. The van der Waals surface area contributed by atoms with Gasteiger partial charge in [0.15, 0.2) is 5.78 Å². The Morgan fingerprint density at radius 3 is 2.42 bits per heavy atom. The molecule has 1 unspecified atom stereocenters. The number of fused-ring (bicyclic) bond motifs is 1. The van der Waals surface area contributed by atoms with E-state index in [0.29, 0.717) is 37.5 Å². The average molecular weight is 420 g/mol. The Balaban J connectivity index is 1.29. The molecule has 1 aromatic carbocycles. The molecule has 2 aliphatic heterocycles. The number of carbonyl (C=O) groups is 4. The second kappa shape index (κ2) is 8.67. The quantitative estimate of drug-likeness (QED) is 0.681. The molecule has 8 heteroatoms. The van der Waals surface area contributed by atoms with Crippen LogP contribution in [0.4, 0.5) is 10.5 Å². The van der Waals surface area contributed by atoms with Crippen molar-refractivity contribution in [2.24, 2.45) is 10.9 Å². The van der Waals surface area contributed by atoms with Gasteiger partial charge in [-0.1, -0.05) is 18.2 Å². The zero-order valence-corrected chi connectivity index (χ0v) is 17.4. The summed E-state index contributed by atoms with van der Waals surface area (Å²) in [5, 5.41) is 0. The summed E-state index contributed by atoms with van der Waals surface area (Å²) < 4.78 is 0. The molecule has 1 aliphatic carbocycles. The number of urea groups is 1. The van der Waals surface area contributed by atoms with Gasteiger partial charge in [0.2, 0.25) is 11.8 Å². The predicted octanol–water partition coefficient (Wildman–Crippen LogP) is 2.07. The van der Waals surface area contributed by atoms with Crippen molar-refractivity contribution in [1.82, 2.24) is 9.80 Å². The van der Waals surface area contributed by atoms with E-state index < -0.39 is 11.9 Å². The van der Waals surface area contributed by atoms with Crippen LogP contribution in [0.25, 0.3) is 0 Å². The molecule has 0 spiro atoms. The van der Waals surface area contributed by atoms with Crippen molar-refractivity contribution in [3.8, 4) is 0 Å². The fraction of sp³-hybridized carbons (Fsp3) is 0.348. The first kappa shape index (κ1) is 20.7. The molecular weight excluding hydrogens is 396 g/mol. The summed E-state index contributed by atoms with van der Waals surface area (Å²) >= 11 is 0. The standard InChI is InChI=1S/C23H24N4O4/c1-16(28)17-6-8-18(9-7-17)25-12-14-26(15-13-25)21(29)10-11-27-22(30)19-4-2-3-5-20(19)24-23(27)31/h2-9,19H,10-15H2,1H3. The molecule has 1 aromatic rings. The Bertz CT molecular complexity index is 1000. The van der Waals surface area contributed by atoms with Crippen LogP contribution in [0, 0.1) is 5.92 Å². The van der Waals surface area contributed by atoms with Crippen molar-refractivity contribution in [2.75, 3.05) is 37.6 Å². The number of rotatable bonds is 5. The molecule has 160 valence electrons. The topological polar surface area (TPSA) is 90.4 Å². The molecule has 4 amide bonds. The summed E-state index contributed by atoms with van der Waals surface area (Å²) in [5.41, 5.74) is 2.15. The highest BCUT2D eigenvalue weighted by molar-refractivity contribution is 6.21. The Labute approximate surface area is 180 Å². The molecule has 8 nitrogen and oxygen atoms in total. The van der Waals surface area contributed by atoms with Gasteiger partial charge in [-0.25, -0.2) is 4.79 Å². The van der Waals surface area contributed by atoms with Crippen LogP contribution in [-0.2, 0) is 9.59 Å². The average Bonchev–Trinajstić information content (AvgIpc) is 2.79. The number of hydrogen-bond donors (Lipinski definition) is 0. The Kier molecular flexibility index (Phi) is 5.79. The minimum absolute atomic E-state index is 0.0329. The molecule has 1 atom stereocenters. The second-order valence-electron chi connectivity index (χ2n) is 7.75. The molecule has 0 N–H and O–H groups in total. The van der Waals surface area contributed by atoms with Crippen LogP contribution in [0.3, 0.4) is 0 Å². The molecule has 0 bridgehead atoms. The minimum atomic E-state index is -0.608. The number of aliphatic imine (C=N–C) groups is 1. The second-order valence-corrected chi connectivity index (χ2v) is 7.75. The number of benzene rings is 1. The summed E-state index contributed by atoms with van der Waals surface area (Å²) in [6.45, 7) is 4.06.